The number of ether oxygens (including phenoxy) is 2. The fraction of sp³-hybridized carbons (Fsp3) is 0.609. The Bertz CT molecular complexity index is 824. The third kappa shape index (κ3) is 5.47. The number of aliphatic carboxylic acids is 1. The Morgan fingerprint density at radius 3 is 2.68 bits per heavy atom. The largest absolute Gasteiger partial charge is 0.496 e. The molecule has 2 aliphatic rings. The van der Waals surface area contributed by atoms with Crippen LogP contribution in [0.3, 0.4) is 0 Å². The standard InChI is InChI=1S/C23H31N3O5/c1-30-21-6-4-3-5-18(21)14-25(10-9-24)13-16-7-8-17-15-26(23(29)31-2)20(22(27)28)12-19(17)11-16/h3-6,16-17,19-20H,7-8,10-15H2,1-2H3,(H,27,28)/t16?,17-,19?,20?/m0/s1. The van der Waals surface area contributed by atoms with E-state index in [0.29, 0.717) is 37.9 Å². The van der Waals surface area contributed by atoms with Crippen LogP contribution in [0.15, 0.2) is 24.3 Å². The summed E-state index contributed by atoms with van der Waals surface area (Å²) in [5.74, 6) is 0.783. The summed E-state index contributed by atoms with van der Waals surface area (Å²) in [6.07, 6.45) is 2.75. The van der Waals surface area contributed by atoms with Gasteiger partial charge in [-0.05, 0) is 49.5 Å². The lowest BCUT2D eigenvalue weighted by atomic mass is 9.69. The minimum absolute atomic E-state index is 0.260. The maximum Gasteiger partial charge on any atom is 0.410 e. The van der Waals surface area contributed by atoms with E-state index in [9.17, 15) is 20.0 Å². The van der Waals surface area contributed by atoms with Crippen LogP contribution in [0, 0.1) is 29.1 Å². The molecule has 0 spiro atoms. The zero-order chi connectivity index (χ0) is 22.4. The number of carboxylic acid groups (broad SMARTS) is 1. The number of hydrogen-bond acceptors (Lipinski definition) is 6. The first-order chi connectivity index (χ1) is 15.0. The van der Waals surface area contributed by atoms with Gasteiger partial charge in [-0.3, -0.25) is 9.80 Å². The lowest BCUT2D eigenvalue weighted by Crippen LogP contribution is -2.54. The molecule has 1 aliphatic carbocycles. The molecule has 31 heavy (non-hydrogen) atoms. The molecule has 8 heteroatoms. The van der Waals surface area contributed by atoms with Gasteiger partial charge in [0.2, 0.25) is 0 Å². The van der Waals surface area contributed by atoms with Crippen molar-refractivity contribution in [1.29, 1.82) is 5.26 Å². The minimum atomic E-state index is -0.978. The van der Waals surface area contributed by atoms with Crippen molar-refractivity contribution in [3.8, 4) is 11.8 Å². The molecule has 168 valence electrons. The Hall–Kier alpha value is -2.79. The van der Waals surface area contributed by atoms with Gasteiger partial charge in [0.25, 0.3) is 0 Å². The Balaban J connectivity index is 1.65. The summed E-state index contributed by atoms with van der Waals surface area (Å²) < 4.78 is 10.3. The second-order valence-electron chi connectivity index (χ2n) is 8.55. The number of methoxy groups -OCH3 is 2. The Morgan fingerprint density at radius 2 is 2.00 bits per heavy atom. The maximum atomic E-state index is 12.1. The molecule has 0 bridgehead atoms. The van der Waals surface area contributed by atoms with Crippen molar-refractivity contribution in [3.63, 3.8) is 0 Å². The maximum absolute atomic E-state index is 12.1. The van der Waals surface area contributed by atoms with Crippen molar-refractivity contribution in [1.82, 2.24) is 9.80 Å². The number of benzene rings is 1. The lowest BCUT2D eigenvalue weighted by Gasteiger charge is -2.46. The second kappa shape index (κ2) is 10.5. The average Bonchev–Trinajstić information content (AvgIpc) is 2.78. The van der Waals surface area contributed by atoms with Gasteiger partial charge >= 0.3 is 12.1 Å². The van der Waals surface area contributed by atoms with E-state index in [2.05, 4.69) is 11.0 Å². The summed E-state index contributed by atoms with van der Waals surface area (Å²) in [6.45, 7) is 2.18. The lowest BCUT2D eigenvalue weighted by molar-refractivity contribution is -0.146. The number of fused-ring (bicyclic) bond motifs is 1. The summed E-state index contributed by atoms with van der Waals surface area (Å²) in [5, 5.41) is 19.0. The highest BCUT2D eigenvalue weighted by Crippen LogP contribution is 2.41. The first-order valence-electron chi connectivity index (χ1n) is 10.7. The summed E-state index contributed by atoms with van der Waals surface area (Å²) in [5.41, 5.74) is 1.05. The average molecular weight is 430 g/mol. The number of carbonyl (C=O) groups excluding carboxylic acids is 1. The SMILES string of the molecule is COC(=O)N1C[C@@H]2CCC(CN(CC#N)Cc3ccccc3OC)CC2CC1C(=O)O. The normalized spacial score (nSPS) is 25.4. The van der Waals surface area contributed by atoms with Crippen LogP contribution in [0.2, 0.25) is 0 Å². The molecule has 1 aliphatic heterocycles. The molecule has 8 nitrogen and oxygen atoms in total. The monoisotopic (exact) mass is 429 g/mol. The quantitative estimate of drug-likeness (QED) is 0.665. The summed E-state index contributed by atoms with van der Waals surface area (Å²) in [6, 6.07) is 9.26. The molecule has 3 unspecified atom stereocenters. The molecule has 1 aromatic carbocycles. The third-order valence-corrected chi connectivity index (χ3v) is 6.67. The number of amides is 1. The number of rotatable bonds is 7. The number of carboxylic acids is 1. The molecule has 2 fully saturated rings. The van der Waals surface area contributed by atoms with E-state index in [-0.39, 0.29) is 5.92 Å². The Kier molecular flexibility index (Phi) is 7.75. The fourth-order valence-corrected chi connectivity index (χ4v) is 5.19. The molecule has 1 N–H and O–H groups in total. The van der Waals surface area contributed by atoms with Gasteiger partial charge in [0.1, 0.15) is 11.8 Å². The number of likely N-dealkylation sites (tertiary alicyclic amines) is 1. The van der Waals surface area contributed by atoms with Gasteiger partial charge in [0, 0.05) is 25.2 Å². The van der Waals surface area contributed by atoms with E-state index >= 15 is 0 Å². The summed E-state index contributed by atoms with van der Waals surface area (Å²) in [4.78, 5) is 27.3. The van der Waals surface area contributed by atoms with Crippen LogP contribution in [0.1, 0.15) is 31.2 Å². The zero-order valence-electron chi connectivity index (χ0n) is 18.2. The highest BCUT2D eigenvalue weighted by atomic mass is 16.5. The molecule has 1 saturated carbocycles. The first-order valence-corrected chi connectivity index (χ1v) is 10.7. The van der Waals surface area contributed by atoms with Crippen molar-refractivity contribution < 1.29 is 24.2 Å². The molecule has 1 aromatic rings. The van der Waals surface area contributed by atoms with E-state index in [4.69, 9.17) is 9.47 Å². The van der Waals surface area contributed by atoms with E-state index in [1.54, 1.807) is 7.11 Å². The van der Waals surface area contributed by atoms with Crippen LogP contribution in [0.25, 0.3) is 0 Å². The van der Waals surface area contributed by atoms with Gasteiger partial charge in [-0.15, -0.1) is 0 Å². The van der Waals surface area contributed by atoms with Crippen LogP contribution in [0.5, 0.6) is 5.75 Å². The van der Waals surface area contributed by atoms with Crippen molar-refractivity contribution in [2.75, 3.05) is 33.9 Å². The minimum Gasteiger partial charge on any atom is -0.496 e. The van der Waals surface area contributed by atoms with Crippen molar-refractivity contribution in [2.45, 2.75) is 38.3 Å². The molecule has 4 atom stereocenters. The van der Waals surface area contributed by atoms with Gasteiger partial charge < -0.3 is 14.6 Å². The van der Waals surface area contributed by atoms with Crippen LogP contribution in [0.4, 0.5) is 4.79 Å². The number of nitriles is 1. The topological polar surface area (TPSA) is 103 Å². The van der Waals surface area contributed by atoms with Crippen LogP contribution in [-0.4, -0.2) is 66.9 Å². The Labute approximate surface area is 183 Å². The van der Waals surface area contributed by atoms with Gasteiger partial charge in [-0.25, -0.2) is 9.59 Å². The highest BCUT2D eigenvalue weighted by Gasteiger charge is 2.44. The number of piperidine rings is 1. The molecule has 1 saturated heterocycles. The molecule has 1 amide bonds. The second-order valence-corrected chi connectivity index (χ2v) is 8.55. The third-order valence-electron chi connectivity index (χ3n) is 6.67. The number of para-hydroxylation sites is 1. The summed E-state index contributed by atoms with van der Waals surface area (Å²) in [7, 11) is 2.93. The van der Waals surface area contributed by atoms with E-state index in [0.717, 1.165) is 37.1 Å². The highest BCUT2D eigenvalue weighted by molar-refractivity contribution is 5.80. The van der Waals surface area contributed by atoms with Gasteiger partial charge in [-0.2, -0.15) is 5.26 Å². The number of nitrogens with zero attached hydrogens (tertiary/aromatic N) is 3. The smallest absolute Gasteiger partial charge is 0.410 e. The fourth-order valence-electron chi connectivity index (χ4n) is 5.19. The number of carbonyl (C=O) groups is 2. The van der Waals surface area contributed by atoms with Gasteiger partial charge in [0.15, 0.2) is 0 Å². The van der Waals surface area contributed by atoms with Crippen LogP contribution in [-0.2, 0) is 16.1 Å². The van der Waals surface area contributed by atoms with Crippen LogP contribution >= 0.6 is 0 Å². The van der Waals surface area contributed by atoms with Crippen molar-refractivity contribution in [3.05, 3.63) is 29.8 Å². The van der Waals surface area contributed by atoms with E-state index in [1.165, 1.54) is 12.0 Å². The van der Waals surface area contributed by atoms with Gasteiger partial charge in [-0.1, -0.05) is 18.2 Å². The van der Waals surface area contributed by atoms with Crippen molar-refractivity contribution >= 4 is 12.1 Å². The zero-order valence-corrected chi connectivity index (χ0v) is 18.2. The predicted molar refractivity (Wildman–Crippen MR) is 113 cm³/mol. The Morgan fingerprint density at radius 1 is 1.23 bits per heavy atom. The molecule has 0 radical (unpaired) electrons. The summed E-state index contributed by atoms with van der Waals surface area (Å²) >= 11 is 0. The molecular formula is C23H31N3O5. The molecule has 3 rings (SSSR count). The van der Waals surface area contributed by atoms with Gasteiger partial charge in [0.05, 0.1) is 26.8 Å². The van der Waals surface area contributed by atoms with E-state index < -0.39 is 18.1 Å². The predicted octanol–water partition coefficient (Wildman–Crippen LogP) is 2.98. The number of hydrogen-bond donors (Lipinski definition) is 1. The molecular weight excluding hydrogens is 398 g/mol. The molecule has 1 heterocycles. The van der Waals surface area contributed by atoms with Crippen molar-refractivity contribution in [2.24, 2.45) is 17.8 Å². The molecule has 0 aromatic heterocycles. The van der Waals surface area contributed by atoms with E-state index in [1.807, 2.05) is 24.3 Å². The first kappa shape index (κ1) is 22.9. The van der Waals surface area contributed by atoms with Crippen LogP contribution < -0.4 is 4.74 Å².